The molecule has 0 bridgehead atoms. The van der Waals surface area contributed by atoms with E-state index < -0.39 is 6.10 Å². The summed E-state index contributed by atoms with van der Waals surface area (Å²) in [6, 6.07) is 0. The summed E-state index contributed by atoms with van der Waals surface area (Å²) < 4.78 is 16.9. The van der Waals surface area contributed by atoms with Crippen LogP contribution in [0.3, 0.4) is 0 Å². The molecular weight excluding hydrogens is 949 g/mol. The van der Waals surface area contributed by atoms with Gasteiger partial charge in [0.05, 0.1) is 0 Å². The highest BCUT2D eigenvalue weighted by atomic mass is 16.6. The van der Waals surface area contributed by atoms with Crippen LogP contribution in [0, 0.1) is 0 Å². The van der Waals surface area contributed by atoms with E-state index in [1.54, 1.807) is 0 Å². The third-order valence-electron chi connectivity index (χ3n) is 12.5. The molecule has 6 nitrogen and oxygen atoms in total. The van der Waals surface area contributed by atoms with Crippen molar-refractivity contribution in [2.75, 3.05) is 13.2 Å². The molecule has 0 rings (SSSR count). The van der Waals surface area contributed by atoms with Crippen molar-refractivity contribution in [2.24, 2.45) is 0 Å². The lowest BCUT2D eigenvalue weighted by molar-refractivity contribution is -0.167. The van der Waals surface area contributed by atoms with E-state index in [4.69, 9.17) is 14.2 Å². The van der Waals surface area contributed by atoms with Crippen molar-refractivity contribution >= 4 is 17.9 Å². The van der Waals surface area contributed by atoms with Gasteiger partial charge in [0.25, 0.3) is 0 Å². The number of carbonyl (C=O) groups excluding carboxylic acids is 3. The molecule has 0 aromatic carbocycles. The zero-order valence-corrected chi connectivity index (χ0v) is 49.4. The first-order valence-electron chi connectivity index (χ1n) is 31.0. The van der Waals surface area contributed by atoms with Gasteiger partial charge in [0.15, 0.2) is 6.10 Å². The van der Waals surface area contributed by atoms with Gasteiger partial charge in [0, 0.05) is 19.3 Å². The van der Waals surface area contributed by atoms with Crippen LogP contribution in [0.25, 0.3) is 0 Å². The molecule has 0 aromatic heterocycles. The minimum absolute atomic E-state index is 0.105. The second-order valence-corrected chi connectivity index (χ2v) is 19.8. The summed E-state index contributed by atoms with van der Waals surface area (Å²) in [5.74, 6) is -0.955. The highest BCUT2D eigenvalue weighted by Crippen LogP contribution is 2.14. The zero-order chi connectivity index (χ0) is 55.7. The van der Waals surface area contributed by atoms with E-state index in [0.29, 0.717) is 19.3 Å². The Morgan fingerprint density at radius 1 is 0.260 bits per heavy atom. The summed E-state index contributed by atoms with van der Waals surface area (Å²) >= 11 is 0. The molecule has 0 spiro atoms. The fraction of sp³-hybridized carbons (Fsp3) is 0.592. The highest BCUT2D eigenvalue weighted by molar-refractivity contribution is 5.71. The average molecular weight is 1060 g/mol. The maximum atomic E-state index is 12.9. The number of allylic oxidation sites excluding steroid dienone is 26. The molecule has 0 amide bonds. The number of carbonyl (C=O) groups is 3. The molecular formula is C71H112O6. The second kappa shape index (κ2) is 63.6. The van der Waals surface area contributed by atoms with Crippen LogP contribution in [0.4, 0.5) is 0 Å². The molecule has 0 saturated heterocycles. The van der Waals surface area contributed by atoms with E-state index in [1.807, 2.05) is 0 Å². The van der Waals surface area contributed by atoms with Gasteiger partial charge in [-0.3, -0.25) is 14.4 Å². The van der Waals surface area contributed by atoms with E-state index in [-0.39, 0.29) is 31.1 Å². The third-order valence-corrected chi connectivity index (χ3v) is 12.5. The van der Waals surface area contributed by atoms with Gasteiger partial charge in [-0.05, 0) is 141 Å². The molecule has 0 aromatic rings. The van der Waals surface area contributed by atoms with Crippen LogP contribution in [0.2, 0.25) is 0 Å². The lowest BCUT2D eigenvalue weighted by Gasteiger charge is -2.18. The van der Waals surface area contributed by atoms with Gasteiger partial charge in [0.2, 0.25) is 0 Å². The van der Waals surface area contributed by atoms with Crippen molar-refractivity contribution in [3.05, 3.63) is 158 Å². The molecule has 6 heteroatoms. The normalized spacial score (nSPS) is 13.2. The summed E-state index contributed by atoms with van der Waals surface area (Å²) in [7, 11) is 0. The molecule has 0 saturated carbocycles. The average Bonchev–Trinajstić information content (AvgIpc) is 3.43. The maximum Gasteiger partial charge on any atom is 0.306 e. The van der Waals surface area contributed by atoms with Gasteiger partial charge in [-0.2, -0.15) is 0 Å². The predicted octanol–water partition coefficient (Wildman–Crippen LogP) is 21.3. The summed E-state index contributed by atoms with van der Waals surface area (Å²) in [6.07, 6.45) is 92.3. The van der Waals surface area contributed by atoms with Crippen LogP contribution >= 0.6 is 0 Å². The van der Waals surface area contributed by atoms with Crippen molar-refractivity contribution in [3.8, 4) is 0 Å². The smallest absolute Gasteiger partial charge is 0.306 e. The molecule has 0 N–H and O–H groups in total. The van der Waals surface area contributed by atoms with E-state index in [0.717, 1.165) is 186 Å². The van der Waals surface area contributed by atoms with Crippen molar-refractivity contribution in [1.29, 1.82) is 0 Å². The molecule has 0 radical (unpaired) electrons. The summed E-state index contributed by atoms with van der Waals surface area (Å²) in [5, 5.41) is 0. The number of esters is 3. The largest absolute Gasteiger partial charge is 0.462 e. The Labute approximate surface area is 473 Å². The number of unbranched alkanes of at least 4 members (excludes halogenated alkanes) is 17. The first-order valence-corrected chi connectivity index (χ1v) is 31.0. The Hall–Kier alpha value is -4.97. The maximum absolute atomic E-state index is 12.9. The van der Waals surface area contributed by atoms with Crippen LogP contribution in [0.15, 0.2) is 158 Å². The van der Waals surface area contributed by atoms with E-state index in [1.165, 1.54) is 25.7 Å². The molecule has 0 heterocycles. The number of hydrogen-bond acceptors (Lipinski definition) is 6. The van der Waals surface area contributed by atoms with Gasteiger partial charge >= 0.3 is 17.9 Å². The number of ether oxygens (including phenoxy) is 3. The van der Waals surface area contributed by atoms with Gasteiger partial charge in [-0.25, -0.2) is 0 Å². The Bertz CT molecular complexity index is 1740. The molecule has 77 heavy (non-hydrogen) atoms. The Balaban J connectivity index is 4.49. The molecule has 0 aliphatic rings. The van der Waals surface area contributed by atoms with Gasteiger partial charge < -0.3 is 14.2 Å². The lowest BCUT2D eigenvalue weighted by Crippen LogP contribution is -2.30. The van der Waals surface area contributed by atoms with Crippen molar-refractivity contribution in [2.45, 2.75) is 258 Å². The van der Waals surface area contributed by atoms with Crippen molar-refractivity contribution in [1.82, 2.24) is 0 Å². The van der Waals surface area contributed by atoms with E-state index in [2.05, 4.69) is 179 Å². The van der Waals surface area contributed by atoms with E-state index >= 15 is 0 Å². The Morgan fingerprint density at radius 2 is 0.468 bits per heavy atom. The van der Waals surface area contributed by atoms with Crippen LogP contribution in [-0.2, 0) is 28.6 Å². The number of rotatable bonds is 54. The summed E-state index contributed by atoms with van der Waals surface area (Å²) in [5.41, 5.74) is 0. The van der Waals surface area contributed by atoms with Crippen molar-refractivity contribution < 1.29 is 28.6 Å². The van der Waals surface area contributed by atoms with Crippen LogP contribution in [0.5, 0.6) is 0 Å². The predicted molar refractivity (Wildman–Crippen MR) is 334 cm³/mol. The molecule has 1 unspecified atom stereocenters. The fourth-order valence-corrected chi connectivity index (χ4v) is 7.98. The topological polar surface area (TPSA) is 78.9 Å². The third kappa shape index (κ3) is 61.8. The van der Waals surface area contributed by atoms with Gasteiger partial charge in [-0.15, -0.1) is 0 Å². The highest BCUT2D eigenvalue weighted by Gasteiger charge is 2.19. The second-order valence-electron chi connectivity index (χ2n) is 19.8. The van der Waals surface area contributed by atoms with E-state index in [9.17, 15) is 14.4 Å². The van der Waals surface area contributed by atoms with Crippen LogP contribution in [-0.4, -0.2) is 37.2 Å². The molecule has 0 aliphatic carbocycles. The standard InChI is InChI=1S/C71H112O6/c1-4-7-10-13-16-19-22-25-28-30-32-34-35-37-38-40-43-46-49-52-55-58-61-64-70(73)76-67-68(66-75-69(72)63-60-57-54-51-48-45-42-27-24-21-18-15-12-9-6-3)77-71(74)65-62-59-56-53-50-47-44-41-39-36-33-31-29-26-23-20-17-14-11-8-5-2/h7-12,16-21,25-29,32-34,36-38,41-42,44,68H,4-6,13-15,22-24,30-31,35,39-40,43,45-67H2,1-3H3/b10-7-,11-8-,12-9-,19-16-,20-17-,21-18-,28-25-,29-26-,34-32-,36-33-,38-37-,42-27-,44-41-. The Kier molecular flexibility index (Phi) is 59.5. The van der Waals surface area contributed by atoms with Crippen molar-refractivity contribution in [3.63, 3.8) is 0 Å². The van der Waals surface area contributed by atoms with Gasteiger partial charge in [0.1, 0.15) is 13.2 Å². The van der Waals surface area contributed by atoms with Gasteiger partial charge in [-0.1, -0.05) is 249 Å². The zero-order valence-electron chi connectivity index (χ0n) is 49.4. The monoisotopic (exact) mass is 1060 g/mol. The summed E-state index contributed by atoms with van der Waals surface area (Å²) in [6.45, 7) is 6.26. The summed E-state index contributed by atoms with van der Waals surface area (Å²) in [4.78, 5) is 38.3. The molecule has 0 aliphatic heterocycles. The van der Waals surface area contributed by atoms with Crippen LogP contribution < -0.4 is 0 Å². The Morgan fingerprint density at radius 3 is 0.727 bits per heavy atom. The molecule has 0 fully saturated rings. The number of hydrogen-bond donors (Lipinski definition) is 0. The van der Waals surface area contributed by atoms with Crippen LogP contribution in [0.1, 0.15) is 252 Å². The molecule has 1 atom stereocenters. The fourth-order valence-electron chi connectivity index (χ4n) is 7.98. The first kappa shape index (κ1) is 72.0. The first-order chi connectivity index (χ1) is 38.0. The molecule has 432 valence electrons. The minimum atomic E-state index is -0.810. The SMILES string of the molecule is CC/C=C\C/C=C\C/C=C\C/C=C\C/C=C\CCCCCCCCCC(=O)OCC(COC(=O)CCCCCCC/C=C\C/C=C\C/C=C\CC)OC(=O)CCCCCCC/C=C\C/C=C\C/C=C\C/C=C\C/C=C\CC. The minimum Gasteiger partial charge on any atom is -0.462 e. The lowest BCUT2D eigenvalue weighted by atomic mass is 10.1. The quantitative estimate of drug-likeness (QED) is 0.0261.